The number of rotatable bonds is 5. The first-order valence-corrected chi connectivity index (χ1v) is 7.78. The Balaban J connectivity index is 2.12. The Morgan fingerprint density at radius 2 is 2.10 bits per heavy atom. The molecule has 0 saturated carbocycles. The number of hydrogen-bond donors (Lipinski definition) is 2. The molecule has 1 atom stereocenters. The highest BCUT2D eigenvalue weighted by Crippen LogP contribution is 2.27. The Morgan fingerprint density at radius 1 is 1.35 bits per heavy atom. The number of amides is 1. The van der Waals surface area contributed by atoms with Crippen LogP contribution in [0.4, 0.5) is 0 Å². The summed E-state index contributed by atoms with van der Waals surface area (Å²) in [5.41, 5.74) is 0.255. The fourth-order valence-corrected chi connectivity index (χ4v) is 3.23. The summed E-state index contributed by atoms with van der Waals surface area (Å²) in [7, 11) is 0. The van der Waals surface area contributed by atoms with E-state index in [9.17, 15) is 9.59 Å². The lowest BCUT2D eigenvalue weighted by Gasteiger charge is -2.16. The van der Waals surface area contributed by atoms with Crippen LogP contribution in [-0.4, -0.2) is 28.0 Å². The third-order valence-electron chi connectivity index (χ3n) is 2.69. The number of thiophene rings is 1. The number of carbonyl (C=O) groups excluding carboxylic acids is 1. The van der Waals surface area contributed by atoms with Gasteiger partial charge in [0.05, 0.1) is 4.88 Å². The quantitative estimate of drug-likeness (QED) is 0.890. The van der Waals surface area contributed by atoms with Gasteiger partial charge in [-0.15, -0.1) is 22.7 Å². The molecular formula is C13H14N2O3S2. The highest BCUT2D eigenvalue weighted by Gasteiger charge is 2.25. The molecule has 7 heteroatoms. The van der Waals surface area contributed by atoms with Gasteiger partial charge in [-0.05, 0) is 17.4 Å². The molecule has 0 aliphatic heterocycles. The lowest BCUT2D eigenvalue weighted by molar-refractivity contribution is -0.140. The number of thiazole rings is 1. The molecule has 0 radical (unpaired) electrons. The van der Waals surface area contributed by atoms with E-state index < -0.39 is 17.9 Å². The van der Waals surface area contributed by atoms with Gasteiger partial charge in [-0.2, -0.15) is 0 Å². The first-order valence-electron chi connectivity index (χ1n) is 6.02. The van der Waals surface area contributed by atoms with Crippen molar-refractivity contribution in [2.24, 2.45) is 5.92 Å². The van der Waals surface area contributed by atoms with Crippen LogP contribution in [0, 0.1) is 5.92 Å². The molecule has 0 unspecified atom stereocenters. The van der Waals surface area contributed by atoms with Gasteiger partial charge in [-0.1, -0.05) is 19.9 Å². The minimum atomic E-state index is -1.04. The second-order valence-electron chi connectivity index (χ2n) is 4.55. The van der Waals surface area contributed by atoms with E-state index in [4.69, 9.17) is 5.11 Å². The largest absolute Gasteiger partial charge is 0.480 e. The molecule has 2 heterocycles. The van der Waals surface area contributed by atoms with Crippen molar-refractivity contribution in [2.45, 2.75) is 19.9 Å². The Labute approximate surface area is 124 Å². The summed E-state index contributed by atoms with van der Waals surface area (Å²) in [6, 6.07) is 2.94. The smallest absolute Gasteiger partial charge is 0.326 e. The third kappa shape index (κ3) is 3.23. The van der Waals surface area contributed by atoms with Crippen molar-refractivity contribution in [3.63, 3.8) is 0 Å². The van der Waals surface area contributed by atoms with Crippen LogP contribution in [0.2, 0.25) is 0 Å². The summed E-state index contributed by atoms with van der Waals surface area (Å²) < 4.78 is 0. The van der Waals surface area contributed by atoms with Crippen molar-refractivity contribution < 1.29 is 14.7 Å². The number of carboxylic acid groups (broad SMARTS) is 1. The van der Waals surface area contributed by atoms with E-state index in [2.05, 4.69) is 10.3 Å². The Bertz CT molecular complexity index is 605. The number of aromatic nitrogens is 1. The molecule has 0 saturated heterocycles. The van der Waals surface area contributed by atoms with Gasteiger partial charge in [0.25, 0.3) is 5.91 Å². The maximum absolute atomic E-state index is 12.0. The molecule has 1 amide bonds. The van der Waals surface area contributed by atoms with Crippen LogP contribution in [0.1, 0.15) is 24.3 Å². The first kappa shape index (κ1) is 14.7. The molecule has 0 bridgehead atoms. The van der Waals surface area contributed by atoms with Gasteiger partial charge in [-0.25, -0.2) is 9.78 Å². The Hall–Kier alpha value is -1.73. The van der Waals surface area contributed by atoms with Gasteiger partial charge in [0.2, 0.25) is 0 Å². The summed E-state index contributed by atoms with van der Waals surface area (Å²) in [6.45, 7) is 3.49. The van der Waals surface area contributed by atoms with Crippen molar-refractivity contribution in [3.05, 3.63) is 28.6 Å². The summed E-state index contributed by atoms with van der Waals surface area (Å²) in [5, 5.41) is 15.9. The standard InChI is InChI=1S/C13H14N2O3S2/c1-7(2)10(13(17)18)15-11(16)8-6-20-12(14-8)9-4-3-5-19-9/h3-7,10H,1-2H3,(H,15,16)(H,17,18)/t10-/m1/s1. The molecular weight excluding hydrogens is 296 g/mol. The lowest BCUT2D eigenvalue weighted by atomic mass is 10.0. The van der Waals surface area contributed by atoms with Crippen molar-refractivity contribution in [1.82, 2.24) is 10.3 Å². The van der Waals surface area contributed by atoms with Crippen LogP contribution >= 0.6 is 22.7 Å². The van der Waals surface area contributed by atoms with Crippen LogP contribution in [0.3, 0.4) is 0 Å². The second-order valence-corrected chi connectivity index (χ2v) is 6.35. The molecule has 0 aromatic carbocycles. The van der Waals surface area contributed by atoms with Gasteiger partial charge in [-0.3, -0.25) is 4.79 Å². The minimum Gasteiger partial charge on any atom is -0.480 e. The van der Waals surface area contributed by atoms with Crippen LogP contribution in [-0.2, 0) is 4.79 Å². The zero-order valence-electron chi connectivity index (χ0n) is 11.0. The summed E-state index contributed by atoms with van der Waals surface area (Å²) in [5.74, 6) is -1.68. The third-order valence-corrected chi connectivity index (χ3v) is 4.57. The van der Waals surface area contributed by atoms with E-state index in [1.807, 2.05) is 17.5 Å². The number of nitrogens with one attached hydrogen (secondary N) is 1. The van der Waals surface area contributed by atoms with Gasteiger partial charge >= 0.3 is 5.97 Å². The molecule has 0 aliphatic carbocycles. The Kier molecular flexibility index (Phi) is 4.51. The van der Waals surface area contributed by atoms with Crippen LogP contribution in [0.5, 0.6) is 0 Å². The monoisotopic (exact) mass is 310 g/mol. The first-order chi connectivity index (χ1) is 9.49. The fourth-order valence-electron chi connectivity index (χ4n) is 1.62. The van der Waals surface area contributed by atoms with Crippen LogP contribution in [0.15, 0.2) is 22.9 Å². The van der Waals surface area contributed by atoms with Crippen molar-refractivity contribution >= 4 is 34.6 Å². The molecule has 2 N–H and O–H groups in total. The van der Waals surface area contributed by atoms with Gasteiger partial charge in [0.1, 0.15) is 16.7 Å². The van der Waals surface area contributed by atoms with E-state index in [0.717, 1.165) is 9.88 Å². The predicted octanol–water partition coefficient (Wildman–Crippen LogP) is 2.71. The number of carboxylic acids is 1. The van der Waals surface area contributed by atoms with Crippen molar-refractivity contribution in [2.75, 3.05) is 0 Å². The fraction of sp³-hybridized carbons (Fsp3) is 0.308. The molecule has 0 spiro atoms. The average molecular weight is 310 g/mol. The van der Waals surface area contributed by atoms with E-state index in [1.165, 1.54) is 11.3 Å². The summed E-state index contributed by atoms with van der Waals surface area (Å²) in [4.78, 5) is 28.3. The minimum absolute atomic E-state index is 0.188. The molecule has 0 aliphatic rings. The molecule has 2 rings (SSSR count). The Morgan fingerprint density at radius 3 is 2.65 bits per heavy atom. The lowest BCUT2D eigenvalue weighted by Crippen LogP contribution is -2.44. The highest BCUT2D eigenvalue weighted by atomic mass is 32.1. The van der Waals surface area contributed by atoms with Crippen molar-refractivity contribution in [1.29, 1.82) is 0 Å². The molecule has 2 aromatic rings. The predicted molar refractivity (Wildman–Crippen MR) is 79.2 cm³/mol. The van der Waals surface area contributed by atoms with E-state index in [0.29, 0.717) is 0 Å². The van der Waals surface area contributed by atoms with Crippen molar-refractivity contribution in [3.8, 4) is 9.88 Å². The molecule has 2 aromatic heterocycles. The van der Waals surface area contributed by atoms with Gasteiger partial charge in [0, 0.05) is 5.38 Å². The average Bonchev–Trinajstić information content (AvgIpc) is 3.04. The SMILES string of the molecule is CC(C)[C@@H](NC(=O)c1csc(-c2cccs2)n1)C(=O)O. The number of hydrogen-bond acceptors (Lipinski definition) is 5. The number of nitrogens with zero attached hydrogens (tertiary/aromatic N) is 1. The maximum atomic E-state index is 12.0. The second kappa shape index (κ2) is 6.15. The van der Waals surface area contributed by atoms with E-state index >= 15 is 0 Å². The number of aliphatic carboxylic acids is 1. The zero-order chi connectivity index (χ0) is 14.7. The normalized spacial score (nSPS) is 12.3. The van der Waals surface area contributed by atoms with E-state index in [1.54, 1.807) is 30.6 Å². The van der Waals surface area contributed by atoms with Gasteiger partial charge in [0.15, 0.2) is 0 Å². The van der Waals surface area contributed by atoms with Crippen LogP contribution in [0.25, 0.3) is 9.88 Å². The van der Waals surface area contributed by atoms with E-state index in [-0.39, 0.29) is 11.6 Å². The van der Waals surface area contributed by atoms with Crippen LogP contribution < -0.4 is 5.32 Å². The molecule has 0 fully saturated rings. The number of carbonyl (C=O) groups is 2. The summed E-state index contributed by atoms with van der Waals surface area (Å²) in [6.07, 6.45) is 0. The molecule has 5 nitrogen and oxygen atoms in total. The summed E-state index contributed by atoms with van der Waals surface area (Å²) >= 11 is 2.92. The van der Waals surface area contributed by atoms with Gasteiger partial charge < -0.3 is 10.4 Å². The highest BCUT2D eigenvalue weighted by molar-refractivity contribution is 7.20. The molecule has 20 heavy (non-hydrogen) atoms. The molecule has 106 valence electrons. The topological polar surface area (TPSA) is 79.3 Å². The zero-order valence-corrected chi connectivity index (χ0v) is 12.6. The maximum Gasteiger partial charge on any atom is 0.326 e.